The molecular formula is C23H26ClN3O. The molecule has 4 nitrogen and oxygen atoms in total. The summed E-state index contributed by atoms with van der Waals surface area (Å²) in [5.41, 5.74) is 6.79. The Bertz CT molecular complexity index is 1010. The van der Waals surface area contributed by atoms with E-state index in [-0.39, 0.29) is 18.3 Å². The molecule has 1 aliphatic heterocycles. The third-order valence-corrected chi connectivity index (χ3v) is 5.32. The average molecular weight is 396 g/mol. The number of fused-ring (bicyclic) bond motifs is 1. The van der Waals surface area contributed by atoms with Crippen LogP contribution in [0.4, 0.5) is 5.69 Å². The second-order valence-corrected chi connectivity index (χ2v) is 7.55. The van der Waals surface area contributed by atoms with Crippen LogP contribution < -0.4 is 22.3 Å². The van der Waals surface area contributed by atoms with Crippen molar-refractivity contribution in [3.63, 3.8) is 0 Å². The van der Waals surface area contributed by atoms with Crippen molar-refractivity contribution in [2.24, 2.45) is 0 Å². The average Bonchev–Trinajstić information content (AvgIpc) is 3.23. The maximum Gasteiger partial charge on any atom is 0.266 e. The quantitative estimate of drug-likeness (QED) is 0.656. The van der Waals surface area contributed by atoms with Gasteiger partial charge in [-0.1, -0.05) is 42.0 Å². The Morgan fingerprint density at radius 1 is 1.07 bits per heavy atom. The van der Waals surface area contributed by atoms with Crippen molar-refractivity contribution < 1.29 is 21.8 Å². The van der Waals surface area contributed by atoms with Crippen molar-refractivity contribution in [1.82, 2.24) is 4.57 Å². The van der Waals surface area contributed by atoms with E-state index in [1.807, 2.05) is 26.0 Å². The molecule has 1 N–H and O–H groups in total. The van der Waals surface area contributed by atoms with Crippen LogP contribution >= 0.6 is 0 Å². The zero-order valence-corrected chi connectivity index (χ0v) is 17.4. The Balaban J connectivity index is 0.00000225. The number of halogens is 1. The largest absolute Gasteiger partial charge is 1.00 e. The molecule has 0 bridgehead atoms. The van der Waals surface area contributed by atoms with Crippen molar-refractivity contribution >= 4 is 11.6 Å². The minimum atomic E-state index is 0. The highest BCUT2D eigenvalue weighted by Crippen LogP contribution is 2.25. The number of amides is 1. The number of aromatic nitrogens is 2. The van der Waals surface area contributed by atoms with Gasteiger partial charge in [-0.25, -0.2) is 9.13 Å². The molecule has 2 aromatic carbocycles. The van der Waals surface area contributed by atoms with E-state index < -0.39 is 0 Å². The predicted octanol–water partition coefficient (Wildman–Crippen LogP) is 0.957. The number of rotatable bonds is 4. The lowest BCUT2D eigenvalue weighted by Crippen LogP contribution is -3.00. The van der Waals surface area contributed by atoms with Crippen LogP contribution in [0.25, 0.3) is 11.3 Å². The third-order valence-electron chi connectivity index (χ3n) is 5.32. The molecule has 5 heteroatoms. The number of aryl methyl sites for hydroxylation is 3. The van der Waals surface area contributed by atoms with Crippen LogP contribution in [-0.4, -0.2) is 10.5 Å². The summed E-state index contributed by atoms with van der Waals surface area (Å²) in [6.45, 7) is 7.52. The van der Waals surface area contributed by atoms with Gasteiger partial charge in [0.1, 0.15) is 6.20 Å². The lowest BCUT2D eigenvalue weighted by atomic mass is 10.1. The molecule has 0 spiro atoms. The predicted molar refractivity (Wildman–Crippen MR) is 108 cm³/mol. The number of carbonyl (C=O) groups is 1. The number of anilines is 1. The van der Waals surface area contributed by atoms with Crippen LogP contribution in [0, 0.1) is 20.8 Å². The van der Waals surface area contributed by atoms with Gasteiger partial charge in [-0.15, -0.1) is 0 Å². The van der Waals surface area contributed by atoms with Crippen molar-refractivity contribution in [2.75, 3.05) is 5.32 Å². The zero-order chi connectivity index (χ0) is 19.0. The molecule has 0 radical (unpaired) electrons. The summed E-state index contributed by atoms with van der Waals surface area (Å²) in [5, 5.41) is 3.08. The highest BCUT2D eigenvalue weighted by molar-refractivity contribution is 5.90. The highest BCUT2D eigenvalue weighted by atomic mass is 35.5. The number of benzene rings is 2. The van der Waals surface area contributed by atoms with Gasteiger partial charge in [-0.2, -0.15) is 0 Å². The van der Waals surface area contributed by atoms with Crippen molar-refractivity contribution in [1.29, 1.82) is 0 Å². The van der Waals surface area contributed by atoms with Crippen LogP contribution in [0.5, 0.6) is 0 Å². The molecule has 1 aromatic heterocycles. The second-order valence-electron chi connectivity index (χ2n) is 7.55. The van der Waals surface area contributed by atoms with E-state index in [1.165, 1.54) is 22.6 Å². The lowest BCUT2D eigenvalue weighted by Gasteiger charge is -2.08. The summed E-state index contributed by atoms with van der Waals surface area (Å²) in [4.78, 5) is 12.7. The van der Waals surface area contributed by atoms with Gasteiger partial charge in [0, 0.05) is 11.3 Å². The van der Waals surface area contributed by atoms with Crippen molar-refractivity contribution in [3.05, 3.63) is 71.2 Å². The monoisotopic (exact) mass is 395 g/mol. The summed E-state index contributed by atoms with van der Waals surface area (Å²) in [5.74, 6) is 1.26. The molecule has 1 aliphatic rings. The molecule has 0 atom stereocenters. The molecule has 3 aromatic rings. The van der Waals surface area contributed by atoms with E-state index in [4.69, 9.17) is 0 Å². The summed E-state index contributed by atoms with van der Waals surface area (Å²) in [7, 11) is 0. The van der Waals surface area contributed by atoms with E-state index in [2.05, 4.69) is 57.9 Å². The Labute approximate surface area is 172 Å². The minimum absolute atomic E-state index is 0. The van der Waals surface area contributed by atoms with Crippen LogP contribution in [-0.2, 0) is 24.3 Å². The first-order valence-electron chi connectivity index (χ1n) is 9.57. The maximum absolute atomic E-state index is 12.7. The smallest absolute Gasteiger partial charge is 0.266 e. The lowest BCUT2D eigenvalue weighted by molar-refractivity contribution is -0.690. The summed E-state index contributed by atoms with van der Waals surface area (Å²) in [6, 6.07) is 14.7. The molecule has 0 aliphatic carbocycles. The van der Waals surface area contributed by atoms with E-state index in [1.54, 1.807) is 0 Å². The van der Waals surface area contributed by atoms with E-state index in [9.17, 15) is 4.79 Å². The molecule has 1 amide bonds. The van der Waals surface area contributed by atoms with Crippen LogP contribution in [0.15, 0.2) is 48.7 Å². The summed E-state index contributed by atoms with van der Waals surface area (Å²) < 4.78 is 4.47. The molecule has 0 unspecified atom stereocenters. The molecule has 28 heavy (non-hydrogen) atoms. The third kappa shape index (κ3) is 3.97. The number of nitrogens with one attached hydrogen (secondary N) is 1. The molecule has 146 valence electrons. The molecule has 0 saturated heterocycles. The minimum Gasteiger partial charge on any atom is -1.00 e. The Hall–Kier alpha value is -2.59. The molecule has 0 fully saturated rings. The fourth-order valence-corrected chi connectivity index (χ4v) is 3.82. The van der Waals surface area contributed by atoms with Crippen LogP contribution in [0.2, 0.25) is 0 Å². The van der Waals surface area contributed by atoms with Crippen LogP contribution in [0.3, 0.4) is 0 Å². The van der Waals surface area contributed by atoms with Crippen LogP contribution in [0.1, 0.15) is 28.9 Å². The summed E-state index contributed by atoms with van der Waals surface area (Å²) in [6.07, 6.45) is 4.28. The SMILES string of the molecule is Cc1ccc(-c2c[n+](CC(=O)Nc3cc(C)ccc3C)c3n2CCC3)cc1.[Cl-]. The van der Waals surface area contributed by atoms with Gasteiger partial charge in [0.25, 0.3) is 11.7 Å². The Morgan fingerprint density at radius 3 is 2.54 bits per heavy atom. The Morgan fingerprint density at radius 2 is 1.79 bits per heavy atom. The zero-order valence-electron chi connectivity index (χ0n) is 16.6. The molecule has 2 heterocycles. The fraction of sp³-hybridized carbons (Fsp3) is 0.304. The molecule has 4 rings (SSSR count). The number of hydrogen-bond donors (Lipinski definition) is 1. The molecular weight excluding hydrogens is 370 g/mol. The van der Waals surface area contributed by atoms with Gasteiger partial charge < -0.3 is 17.7 Å². The number of nitrogens with zero attached hydrogens (tertiary/aromatic N) is 2. The van der Waals surface area contributed by atoms with E-state index in [0.717, 1.165) is 36.2 Å². The summed E-state index contributed by atoms with van der Waals surface area (Å²) >= 11 is 0. The van der Waals surface area contributed by atoms with Gasteiger partial charge in [0.2, 0.25) is 0 Å². The highest BCUT2D eigenvalue weighted by Gasteiger charge is 2.29. The van der Waals surface area contributed by atoms with Gasteiger partial charge in [-0.05, 0) is 44.4 Å². The van der Waals surface area contributed by atoms with Gasteiger partial charge in [0.15, 0.2) is 12.2 Å². The number of hydrogen-bond acceptors (Lipinski definition) is 1. The standard InChI is InChI=1S/C23H25N3O.ClH/c1-16-7-10-19(11-8-16)21-14-25(23-5-4-12-26(21)23)15-22(27)24-20-13-17(2)6-9-18(20)3;/h6-11,13-14H,4-5,12,15H2,1-3H3;1H. The van der Waals surface area contributed by atoms with Gasteiger partial charge in [-0.3, -0.25) is 4.79 Å². The first kappa shape index (κ1) is 20.2. The van der Waals surface area contributed by atoms with E-state index in [0.29, 0.717) is 6.54 Å². The topological polar surface area (TPSA) is 37.9 Å². The van der Waals surface area contributed by atoms with Crippen molar-refractivity contribution in [3.8, 4) is 11.3 Å². The van der Waals surface area contributed by atoms with E-state index >= 15 is 0 Å². The Kier molecular flexibility index (Phi) is 5.90. The van der Waals surface area contributed by atoms with Gasteiger partial charge in [0.05, 0.1) is 13.0 Å². The first-order chi connectivity index (χ1) is 13.0. The fourth-order valence-electron chi connectivity index (χ4n) is 3.82. The number of imidazole rings is 1. The first-order valence-corrected chi connectivity index (χ1v) is 9.57. The second kappa shape index (κ2) is 8.19. The molecule has 0 saturated carbocycles. The van der Waals surface area contributed by atoms with Crippen molar-refractivity contribution in [2.45, 2.75) is 46.7 Å². The normalized spacial score (nSPS) is 12.4. The maximum atomic E-state index is 12.7. The van der Waals surface area contributed by atoms with Gasteiger partial charge >= 0.3 is 0 Å². The number of carbonyl (C=O) groups excluding carboxylic acids is 1.